The molecule has 0 aromatic carbocycles. The highest BCUT2D eigenvalue weighted by Crippen LogP contribution is 2.17. The van der Waals surface area contributed by atoms with Crippen molar-refractivity contribution in [1.29, 1.82) is 0 Å². The Labute approximate surface area is 145 Å². The molecule has 0 radical (unpaired) electrons. The van der Waals surface area contributed by atoms with Gasteiger partial charge >= 0.3 is 0 Å². The molecule has 0 aromatic heterocycles. The summed E-state index contributed by atoms with van der Waals surface area (Å²) in [4.78, 5) is 6.84. The molecule has 2 saturated heterocycles. The molecule has 2 rings (SSSR count). The van der Waals surface area contributed by atoms with E-state index < -0.39 is 9.84 Å². The van der Waals surface area contributed by atoms with Gasteiger partial charge in [0.25, 0.3) is 0 Å². The van der Waals surface area contributed by atoms with E-state index in [9.17, 15) is 8.42 Å². The summed E-state index contributed by atoms with van der Waals surface area (Å²) in [6, 6.07) is 0. The monoisotopic (exact) mass is 427 g/mol. The van der Waals surface area contributed by atoms with Crippen LogP contribution in [0.1, 0.15) is 26.2 Å². The van der Waals surface area contributed by atoms with Gasteiger partial charge in [0.05, 0.1) is 18.1 Å². The van der Waals surface area contributed by atoms with Gasteiger partial charge in [0, 0.05) is 19.6 Å². The van der Waals surface area contributed by atoms with Crippen LogP contribution < -0.4 is 5.32 Å². The summed E-state index contributed by atoms with van der Waals surface area (Å²) in [6.45, 7) is 9.24. The molecular weight excluding hydrogens is 401 g/mol. The predicted octanol–water partition coefficient (Wildman–Crippen LogP) is 1.66. The second-order valence-electron chi connectivity index (χ2n) is 5.94. The molecule has 21 heavy (non-hydrogen) atoms. The average Bonchev–Trinajstić information content (AvgIpc) is 2.98. The summed E-state index contributed by atoms with van der Waals surface area (Å²) >= 11 is 0. The van der Waals surface area contributed by atoms with Crippen LogP contribution in [0, 0.1) is 5.92 Å². The van der Waals surface area contributed by atoms with Gasteiger partial charge < -0.3 is 10.2 Å². The number of halogens is 1. The van der Waals surface area contributed by atoms with E-state index in [-0.39, 0.29) is 29.9 Å². The van der Waals surface area contributed by atoms with Gasteiger partial charge in [0.1, 0.15) is 0 Å². The Hall–Kier alpha value is -0.310. The SMILES string of the molecule is C=C(C)CN=C(NCC1CCS(=O)(=O)C1)N1CCCC1.I. The lowest BCUT2D eigenvalue weighted by molar-refractivity contribution is 0.476. The van der Waals surface area contributed by atoms with Gasteiger partial charge in [-0.15, -0.1) is 24.0 Å². The van der Waals surface area contributed by atoms with E-state index >= 15 is 0 Å². The standard InChI is InChI=1S/C14H25N3O2S.HI/c1-12(2)9-15-14(17-6-3-4-7-17)16-10-13-5-8-20(18,19)11-13;/h13H,1,3-11H2,2H3,(H,15,16);1H. The Bertz CT molecular complexity index is 484. The normalized spacial score (nSPS) is 24.7. The van der Waals surface area contributed by atoms with Crippen LogP contribution in [-0.2, 0) is 9.84 Å². The van der Waals surface area contributed by atoms with Crippen molar-refractivity contribution >= 4 is 39.8 Å². The van der Waals surface area contributed by atoms with Crippen LogP contribution in [-0.4, -0.2) is 57.0 Å². The Morgan fingerprint density at radius 1 is 1.38 bits per heavy atom. The largest absolute Gasteiger partial charge is 0.356 e. The highest BCUT2D eigenvalue weighted by Gasteiger charge is 2.28. The van der Waals surface area contributed by atoms with Crippen molar-refractivity contribution in [3.63, 3.8) is 0 Å². The maximum absolute atomic E-state index is 11.5. The molecule has 0 aromatic rings. The predicted molar refractivity (Wildman–Crippen MR) is 98.1 cm³/mol. The van der Waals surface area contributed by atoms with Gasteiger partial charge in [-0.25, -0.2) is 13.4 Å². The fourth-order valence-corrected chi connectivity index (χ4v) is 4.54. The molecular formula is C14H26IN3O2S. The van der Waals surface area contributed by atoms with Crippen molar-refractivity contribution in [3.05, 3.63) is 12.2 Å². The zero-order valence-electron chi connectivity index (χ0n) is 12.7. The molecule has 2 heterocycles. The van der Waals surface area contributed by atoms with E-state index in [1.807, 2.05) is 6.92 Å². The van der Waals surface area contributed by atoms with Crippen LogP contribution >= 0.6 is 24.0 Å². The van der Waals surface area contributed by atoms with Crippen LogP contribution in [0.25, 0.3) is 0 Å². The molecule has 0 aliphatic carbocycles. The summed E-state index contributed by atoms with van der Waals surface area (Å²) in [7, 11) is -2.80. The number of sulfone groups is 1. The van der Waals surface area contributed by atoms with Crippen molar-refractivity contribution in [2.75, 3.05) is 37.7 Å². The molecule has 1 N–H and O–H groups in total. The number of aliphatic imine (C=N–C) groups is 1. The number of nitrogens with zero attached hydrogens (tertiary/aromatic N) is 2. The summed E-state index contributed by atoms with van der Waals surface area (Å²) in [5.41, 5.74) is 1.03. The number of guanidine groups is 1. The molecule has 0 bridgehead atoms. The molecule has 2 aliphatic heterocycles. The van der Waals surface area contributed by atoms with Crippen LogP contribution in [0.4, 0.5) is 0 Å². The van der Waals surface area contributed by atoms with Crippen molar-refractivity contribution in [3.8, 4) is 0 Å². The fourth-order valence-electron chi connectivity index (χ4n) is 2.68. The third-order valence-corrected chi connectivity index (χ3v) is 5.62. The minimum Gasteiger partial charge on any atom is -0.356 e. The van der Waals surface area contributed by atoms with Gasteiger partial charge in [-0.1, -0.05) is 12.2 Å². The molecule has 1 unspecified atom stereocenters. The quantitative estimate of drug-likeness (QED) is 0.321. The first-order valence-corrected chi connectivity index (χ1v) is 9.16. The number of nitrogens with one attached hydrogen (secondary N) is 1. The Morgan fingerprint density at radius 3 is 2.57 bits per heavy atom. The minimum atomic E-state index is -2.80. The summed E-state index contributed by atoms with van der Waals surface area (Å²) < 4.78 is 23.0. The number of hydrogen-bond donors (Lipinski definition) is 1. The molecule has 0 spiro atoms. The lowest BCUT2D eigenvalue weighted by atomic mass is 10.1. The van der Waals surface area contributed by atoms with Gasteiger partial charge in [0.15, 0.2) is 15.8 Å². The van der Waals surface area contributed by atoms with Gasteiger partial charge in [-0.2, -0.15) is 0 Å². The lowest BCUT2D eigenvalue weighted by Crippen LogP contribution is -2.42. The van der Waals surface area contributed by atoms with Gasteiger partial charge in [-0.05, 0) is 32.1 Å². The number of rotatable bonds is 4. The van der Waals surface area contributed by atoms with E-state index in [1.165, 1.54) is 12.8 Å². The molecule has 7 heteroatoms. The molecule has 122 valence electrons. The molecule has 5 nitrogen and oxygen atoms in total. The van der Waals surface area contributed by atoms with Crippen molar-refractivity contribution in [1.82, 2.24) is 10.2 Å². The first-order chi connectivity index (χ1) is 9.46. The zero-order chi connectivity index (χ0) is 14.6. The highest BCUT2D eigenvalue weighted by atomic mass is 127. The van der Waals surface area contributed by atoms with E-state index in [4.69, 9.17) is 0 Å². The van der Waals surface area contributed by atoms with E-state index in [0.717, 1.165) is 31.0 Å². The first-order valence-electron chi connectivity index (χ1n) is 7.34. The molecule has 0 amide bonds. The van der Waals surface area contributed by atoms with Crippen LogP contribution in [0.3, 0.4) is 0 Å². The van der Waals surface area contributed by atoms with Crippen molar-refractivity contribution in [2.24, 2.45) is 10.9 Å². The average molecular weight is 427 g/mol. The van der Waals surface area contributed by atoms with Crippen LogP contribution in [0.5, 0.6) is 0 Å². The smallest absolute Gasteiger partial charge is 0.194 e. The van der Waals surface area contributed by atoms with Crippen molar-refractivity contribution in [2.45, 2.75) is 26.2 Å². The first kappa shape index (κ1) is 18.7. The Morgan fingerprint density at radius 2 is 2.05 bits per heavy atom. The maximum atomic E-state index is 11.5. The van der Waals surface area contributed by atoms with Crippen molar-refractivity contribution < 1.29 is 8.42 Å². The van der Waals surface area contributed by atoms with Crippen LogP contribution in [0.2, 0.25) is 0 Å². The summed E-state index contributed by atoms with van der Waals surface area (Å²) in [6.07, 6.45) is 3.17. The van der Waals surface area contributed by atoms with Gasteiger partial charge in [-0.3, -0.25) is 0 Å². The van der Waals surface area contributed by atoms with E-state index in [0.29, 0.717) is 24.6 Å². The highest BCUT2D eigenvalue weighted by molar-refractivity contribution is 14.0. The van der Waals surface area contributed by atoms with Crippen LogP contribution in [0.15, 0.2) is 17.1 Å². The molecule has 0 saturated carbocycles. The van der Waals surface area contributed by atoms with E-state index in [2.05, 4.69) is 21.8 Å². The van der Waals surface area contributed by atoms with E-state index in [1.54, 1.807) is 0 Å². The maximum Gasteiger partial charge on any atom is 0.194 e. The number of hydrogen-bond acceptors (Lipinski definition) is 3. The third kappa shape index (κ3) is 6.14. The third-order valence-electron chi connectivity index (χ3n) is 3.78. The molecule has 1 atom stereocenters. The molecule has 2 fully saturated rings. The fraction of sp³-hybridized carbons (Fsp3) is 0.786. The number of likely N-dealkylation sites (tertiary alicyclic amines) is 1. The Balaban J connectivity index is 0.00000220. The van der Waals surface area contributed by atoms with Gasteiger partial charge in [0.2, 0.25) is 0 Å². The molecule has 2 aliphatic rings. The summed E-state index contributed by atoms with van der Waals surface area (Å²) in [5.74, 6) is 1.78. The second kappa shape index (κ2) is 8.36. The summed E-state index contributed by atoms with van der Waals surface area (Å²) in [5, 5.41) is 3.37. The lowest BCUT2D eigenvalue weighted by Gasteiger charge is -2.22. The topological polar surface area (TPSA) is 61.8 Å². The second-order valence-corrected chi connectivity index (χ2v) is 8.17. The minimum absolute atomic E-state index is 0. The Kier molecular flexibility index (Phi) is 7.46. The zero-order valence-corrected chi connectivity index (χ0v) is 15.8.